The van der Waals surface area contributed by atoms with Crippen molar-refractivity contribution in [2.45, 2.75) is 366 Å². The molecular formula is C61H121NO5. The van der Waals surface area contributed by atoms with Gasteiger partial charge in [-0.3, -0.25) is 9.59 Å². The highest BCUT2D eigenvalue weighted by molar-refractivity contribution is 5.76. The summed E-state index contributed by atoms with van der Waals surface area (Å²) in [5.74, 6) is -0.0113. The minimum Gasteiger partial charge on any atom is -0.466 e. The van der Waals surface area contributed by atoms with E-state index in [1.165, 1.54) is 283 Å². The highest BCUT2D eigenvalue weighted by Crippen LogP contribution is 2.18. The van der Waals surface area contributed by atoms with Crippen LogP contribution in [-0.2, 0) is 14.3 Å². The van der Waals surface area contributed by atoms with Crippen LogP contribution in [0.25, 0.3) is 0 Å². The van der Waals surface area contributed by atoms with Gasteiger partial charge in [-0.15, -0.1) is 0 Å². The third-order valence-electron chi connectivity index (χ3n) is 14.7. The molecule has 0 heterocycles. The van der Waals surface area contributed by atoms with Crippen LogP contribution in [0.4, 0.5) is 0 Å². The largest absolute Gasteiger partial charge is 0.466 e. The number of aliphatic hydroxyl groups is 2. The van der Waals surface area contributed by atoms with Gasteiger partial charge in [-0.2, -0.15) is 0 Å². The monoisotopic (exact) mass is 948 g/mol. The van der Waals surface area contributed by atoms with E-state index in [9.17, 15) is 19.8 Å². The number of ether oxygens (including phenoxy) is 1. The molecule has 0 aliphatic carbocycles. The number of aliphatic hydroxyl groups excluding tert-OH is 2. The van der Waals surface area contributed by atoms with Gasteiger partial charge in [-0.1, -0.05) is 316 Å². The average molecular weight is 949 g/mol. The first-order chi connectivity index (χ1) is 33.0. The fraction of sp³-hybridized carbons (Fsp3) is 0.967. The third kappa shape index (κ3) is 54.0. The summed E-state index contributed by atoms with van der Waals surface area (Å²) in [6, 6.07) is -0.534. The van der Waals surface area contributed by atoms with E-state index in [1.54, 1.807) is 0 Å². The summed E-state index contributed by atoms with van der Waals surface area (Å²) >= 11 is 0. The van der Waals surface area contributed by atoms with Crippen LogP contribution in [0, 0.1) is 0 Å². The van der Waals surface area contributed by atoms with E-state index >= 15 is 0 Å². The van der Waals surface area contributed by atoms with Crippen LogP contribution < -0.4 is 5.32 Å². The Morgan fingerprint density at radius 3 is 0.910 bits per heavy atom. The Balaban J connectivity index is 3.28. The van der Waals surface area contributed by atoms with Crippen molar-refractivity contribution in [3.8, 4) is 0 Å². The first-order valence-electron chi connectivity index (χ1n) is 30.8. The Kier molecular flexibility index (Phi) is 56.5. The van der Waals surface area contributed by atoms with Crippen molar-refractivity contribution in [2.75, 3.05) is 13.2 Å². The molecule has 0 radical (unpaired) electrons. The van der Waals surface area contributed by atoms with Gasteiger partial charge in [-0.25, -0.2) is 0 Å². The molecule has 0 aromatic rings. The SMILES string of the molecule is CCCCCCCCCCCCCC(=O)OCCCCCCCCCCCCCCCCCCCCCCCCCCCCCCCCC(=O)NC(CO)C(O)CCCCCCCCCCC. The smallest absolute Gasteiger partial charge is 0.305 e. The van der Waals surface area contributed by atoms with Crippen LogP contribution >= 0.6 is 0 Å². The molecule has 6 heteroatoms. The number of carbonyl (C=O) groups excluding carboxylic acids is 2. The zero-order chi connectivity index (χ0) is 48.6. The molecule has 2 atom stereocenters. The van der Waals surface area contributed by atoms with Crippen molar-refractivity contribution >= 4 is 11.9 Å². The highest BCUT2D eigenvalue weighted by atomic mass is 16.5. The maximum Gasteiger partial charge on any atom is 0.305 e. The second-order valence-corrected chi connectivity index (χ2v) is 21.4. The maximum atomic E-state index is 12.4. The van der Waals surface area contributed by atoms with E-state index in [0.717, 1.165) is 38.5 Å². The fourth-order valence-electron chi connectivity index (χ4n) is 9.94. The van der Waals surface area contributed by atoms with Gasteiger partial charge in [-0.05, 0) is 25.7 Å². The van der Waals surface area contributed by atoms with Crippen molar-refractivity contribution in [1.82, 2.24) is 5.32 Å². The normalized spacial score (nSPS) is 12.5. The molecule has 6 nitrogen and oxygen atoms in total. The molecule has 0 bridgehead atoms. The number of esters is 1. The summed E-state index contributed by atoms with van der Waals surface area (Å²) < 4.78 is 5.47. The maximum absolute atomic E-state index is 12.4. The van der Waals surface area contributed by atoms with Crippen molar-refractivity contribution in [3.05, 3.63) is 0 Å². The molecule has 67 heavy (non-hydrogen) atoms. The number of carbonyl (C=O) groups is 2. The molecule has 0 aromatic heterocycles. The van der Waals surface area contributed by atoms with Gasteiger partial charge in [0.2, 0.25) is 5.91 Å². The number of hydrogen-bond donors (Lipinski definition) is 3. The molecule has 0 rings (SSSR count). The zero-order valence-electron chi connectivity index (χ0n) is 45.7. The lowest BCUT2D eigenvalue weighted by Gasteiger charge is -2.22. The van der Waals surface area contributed by atoms with Gasteiger partial charge in [0, 0.05) is 12.8 Å². The van der Waals surface area contributed by atoms with Crippen LogP contribution in [0.3, 0.4) is 0 Å². The van der Waals surface area contributed by atoms with Crippen molar-refractivity contribution in [1.29, 1.82) is 0 Å². The number of rotatable bonds is 58. The van der Waals surface area contributed by atoms with E-state index < -0.39 is 12.1 Å². The van der Waals surface area contributed by atoms with E-state index in [0.29, 0.717) is 25.9 Å². The molecule has 0 saturated carbocycles. The molecular weight excluding hydrogens is 827 g/mol. The molecule has 0 spiro atoms. The van der Waals surface area contributed by atoms with Gasteiger partial charge < -0.3 is 20.3 Å². The molecule has 3 N–H and O–H groups in total. The van der Waals surface area contributed by atoms with Crippen LogP contribution in [0.1, 0.15) is 354 Å². The second-order valence-electron chi connectivity index (χ2n) is 21.4. The van der Waals surface area contributed by atoms with Gasteiger partial charge in [0.15, 0.2) is 0 Å². The number of nitrogens with one attached hydrogen (secondary N) is 1. The Bertz CT molecular complexity index is 959. The highest BCUT2D eigenvalue weighted by Gasteiger charge is 2.20. The Morgan fingerprint density at radius 2 is 0.612 bits per heavy atom. The molecule has 2 unspecified atom stereocenters. The molecule has 0 saturated heterocycles. The predicted octanol–water partition coefficient (Wildman–Crippen LogP) is 19.1. The van der Waals surface area contributed by atoms with E-state index in [1.807, 2.05) is 0 Å². The Labute approximate surface area is 419 Å². The van der Waals surface area contributed by atoms with Crippen LogP contribution in [0.15, 0.2) is 0 Å². The first kappa shape index (κ1) is 65.9. The Hall–Kier alpha value is -1.14. The van der Waals surface area contributed by atoms with Gasteiger partial charge in [0.25, 0.3) is 0 Å². The zero-order valence-corrected chi connectivity index (χ0v) is 45.7. The number of unbranched alkanes of at least 4 members (excludes halogenated alkanes) is 47. The van der Waals surface area contributed by atoms with Crippen LogP contribution in [-0.4, -0.2) is 47.4 Å². The van der Waals surface area contributed by atoms with Crippen molar-refractivity contribution in [3.63, 3.8) is 0 Å². The lowest BCUT2D eigenvalue weighted by molar-refractivity contribution is -0.143. The summed E-state index contributed by atoms with van der Waals surface area (Å²) in [6.07, 6.45) is 67.1. The van der Waals surface area contributed by atoms with Crippen LogP contribution in [0.5, 0.6) is 0 Å². The molecule has 400 valence electrons. The summed E-state index contributed by atoms with van der Waals surface area (Å²) in [5.41, 5.74) is 0. The second kappa shape index (κ2) is 57.4. The molecule has 0 aliphatic rings. The molecule has 0 aromatic carbocycles. The third-order valence-corrected chi connectivity index (χ3v) is 14.7. The summed E-state index contributed by atoms with van der Waals surface area (Å²) in [4.78, 5) is 24.4. The quantitative estimate of drug-likeness (QED) is 0.0417. The average Bonchev–Trinajstić information content (AvgIpc) is 3.33. The number of hydrogen-bond acceptors (Lipinski definition) is 5. The predicted molar refractivity (Wildman–Crippen MR) is 292 cm³/mol. The fourth-order valence-corrected chi connectivity index (χ4v) is 9.94. The summed E-state index contributed by atoms with van der Waals surface area (Å²) in [5, 5.41) is 23.1. The number of amides is 1. The van der Waals surface area contributed by atoms with E-state index in [4.69, 9.17) is 4.74 Å². The molecule has 0 fully saturated rings. The van der Waals surface area contributed by atoms with Crippen molar-refractivity contribution in [2.24, 2.45) is 0 Å². The minimum absolute atomic E-state index is 0.0203. The lowest BCUT2D eigenvalue weighted by Crippen LogP contribution is -2.45. The van der Waals surface area contributed by atoms with Gasteiger partial charge >= 0.3 is 5.97 Å². The minimum atomic E-state index is -0.657. The molecule has 0 aliphatic heterocycles. The topological polar surface area (TPSA) is 95.9 Å². The van der Waals surface area contributed by atoms with E-state index in [2.05, 4.69) is 19.2 Å². The van der Waals surface area contributed by atoms with Crippen molar-refractivity contribution < 1.29 is 24.5 Å². The Morgan fingerprint density at radius 1 is 0.358 bits per heavy atom. The molecule has 1 amide bonds. The van der Waals surface area contributed by atoms with Gasteiger partial charge in [0.1, 0.15) is 0 Å². The van der Waals surface area contributed by atoms with E-state index in [-0.39, 0.29) is 18.5 Å². The lowest BCUT2D eigenvalue weighted by atomic mass is 10.0. The summed E-state index contributed by atoms with van der Waals surface area (Å²) in [7, 11) is 0. The van der Waals surface area contributed by atoms with Crippen LogP contribution in [0.2, 0.25) is 0 Å². The summed E-state index contributed by atoms with van der Waals surface area (Å²) in [6.45, 7) is 4.95. The standard InChI is InChI=1S/C61H121NO5/c1-3-5-7-9-11-13-34-39-43-47-51-55-61(66)67-56-52-48-44-40-36-33-31-29-27-25-23-21-19-17-15-14-16-18-20-22-24-26-28-30-32-35-38-42-46-50-54-60(65)62-58(57-63)59(64)53-49-45-41-37-12-10-8-6-4-2/h58-59,63-64H,3-57H2,1-2H3,(H,62,65). The first-order valence-corrected chi connectivity index (χ1v) is 30.8. The van der Waals surface area contributed by atoms with Gasteiger partial charge in [0.05, 0.1) is 25.4 Å².